The van der Waals surface area contributed by atoms with Crippen LogP contribution in [-0.4, -0.2) is 34.6 Å². The number of amides is 1. The zero-order valence-electron chi connectivity index (χ0n) is 12.9. The predicted molar refractivity (Wildman–Crippen MR) is 83.4 cm³/mol. The van der Waals surface area contributed by atoms with Gasteiger partial charge in [-0.2, -0.15) is 0 Å². The molecule has 1 aromatic heterocycles. The van der Waals surface area contributed by atoms with Gasteiger partial charge in [0, 0.05) is 18.7 Å². The minimum absolute atomic E-state index is 0.00241. The molecule has 1 rings (SSSR count). The number of carboxylic acids is 1. The fourth-order valence-corrected chi connectivity index (χ4v) is 1.84. The van der Waals surface area contributed by atoms with Gasteiger partial charge in [0.15, 0.2) is 0 Å². The normalized spacial score (nSPS) is 12.0. The Labute approximate surface area is 134 Å². The second-order valence-electron chi connectivity index (χ2n) is 5.52. The lowest BCUT2D eigenvalue weighted by molar-refractivity contribution is -0.137. The summed E-state index contributed by atoms with van der Waals surface area (Å²) in [7, 11) is 0. The van der Waals surface area contributed by atoms with Crippen LogP contribution in [0.2, 0.25) is 5.02 Å². The number of hydrogen-bond donors (Lipinski definition) is 2. The molecule has 22 heavy (non-hydrogen) atoms. The second kappa shape index (κ2) is 8.58. The number of carboxylic acid groups (broad SMARTS) is 1. The Bertz CT molecular complexity index is 534. The maximum absolute atomic E-state index is 12.0. The van der Waals surface area contributed by atoms with Crippen molar-refractivity contribution in [3.63, 3.8) is 0 Å². The first-order valence-electron chi connectivity index (χ1n) is 7.10. The molecule has 0 saturated heterocycles. The third-order valence-corrected chi connectivity index (χ3v) is 3.06. The average molecular weight is 329 g/mol. The van der Waals surface area contributed by atoms with E-state index in [9.17, 15) is 9.59 Å². The largest absolute Gasteiger partial charge is 0.481 e. The summed E-state index contributed by atoms with van der Waals surface area (Å²) < 4.78 is 5.44. The molecule has 6 nitrogen and oxygen atoms in total. The van der Waals surface area contributed by atoms with Crippen molar-refractivity contribution in [1.29, 1.82) is 0 Å². The highest BCUT2D eigenvalue weighted by molar-refractivity contribution is 6.32. The van der Waals surface area contributed by atoms with Crippen LogP contribution in [0.4, 0.5) is 0 Å². The van der Waals surface area contributed by atoms with Crippen LogP contribution in [0.5, 0.6) is 5.88 Å². The van der Waals surface area contributed by atoms with Gasteiger partial charge in [-0.3, -0.25) is 9.59 Å². The van der Waals surface area contributed by atoms with Crippen LogP contribution >= 0.6 is 11.6 Å². The molecule has 0 aliphatic heterocycles. The molecule has 0 bridgehead atoms. The Kier molecular flexibility index (Phi) is 7.11. The number of halogens is 1. The lowest BCUT2D eigenvalue weighted by atomic mass is 10.1. The zero-order valence-corrected chi connectivity index (χ0v) is 13.7. The first kappa shape index (κ1) is 18.2. The van der Waals surface area contributed by atoms with Gasteiger partial charge in [0.2, 0.25) is 5.88 Å². The topological polar surface area (TPSA) is 88.5 Å². The van der Waals surface area contributed by atoms with Gasteiger partial charge in [0.05, 0.1) is 12.2 Å². The molecule has 1 atom stereocenters. The number of carbonyl (C=O) groups excluding carboxylic acids is 1. The zero-order chi connectivity index (χ0) is 16.7. The minimum atomic E-state index is -0.891. The number of nitrogens with zero attached hydrogens (tertiary/aromatic N) is 1. The highest BCUT2D eigenvalue weighted by Gasteiger charge is 2.14. The van der Waals surface area contributed by atoms with E-state index in [-0.39, 0.29) is 23.4 Å². The molecule has 0 aliphatic carbocycles. The van der Waals surface area contributed by atoms with Crippen molar-refractivity contribution in [1.82, 2.24) is 10.3 Å². The van der Waals surface area contributed by atoms with Crippen LogP contribution in [0.15, 0.2) is 12.3 Å². The minimum Gasteiger partial charge on any atom is -0.481 e. The molecule has 1 unspecified atom stereocenters. The molecular weight excluding hydrogens is 308 g/mol. The second-order valence-corrected chi connectivity index (χ2v) is 5.93. The average Bonchev–Trinajstić information content (AvgIpc) is 2.43. The summed E-state index contributed by atoms with van der Waals surface area (Å²) in [6.45, 7) is 6.25. The summed E-state index contributed by atoms with van der Waals surface area (Å²) >= 11 is 6.05. The number of aromatic nitrogens is 1. The Morgan fingerprint density at radius 2 is 2.09 bits per heavy atom. The number of aliphatic carboxylic acids is 1. The van der Waals surface area contributed by atoms with Crippen molar-refractivity contribution < 1.29 is 19.4 Å². The summed E-state index contributed by atoms with van der Waals surface area (Å²) in [5, 5.41) is 11.6. The van der Waals surface area contributed by atoms with Crippen LogP contribution in [-0.2, 0) is 4.79 Å². The lowest BCUT2D eigenvalue weighted by Gasteiger charge is -2.13. The van der Waals surface area contributed by atoms with E-state index in [0.717, 1.165) is 0 Å². The molecule has 0 fully saturated rings. The van der Waals surface area contributed by atoms with Crippen LogP contribution in [0, 0.1) is 5.92 Å². The van der Waals surface area contributed by atoms with Crippen LogP contribution in [0.1, 0.15) is 44.0 Å². The number of nitrogens with one attached hydrogen (secondary N) is 1. The van der Waals surface area contributed by atoms with Gasteiger partial charge in [0.25, 0.3) is 5.91 Å². The van der Waals surface area contributed by atoms with Gasteiger partial charge in [0.1, 0.15) is 5.02 Å². The molecule has 0 aromatic carbocycles. The predicted octanol–water partition coefficient (Wildman–Crippen LogP) is 2.75. The summed E-state index contributed by atoms with van der Waals surface area (Å²) in [5.74, 6) is -0.595. The van der Waals surface area contributed by atoms with Gasteiger partial charge in [-0.05, 0) is 25.3 Å². The summed E-state index contributed by atoms with van der Waals surface area (Å²) in [6.07, 6.45) is 1.75. The van der Waals surface area contributed by atoms with E-state index in [1.54, 1.807) is 6.92 Å². The van der Waals surface area contributed by atoms with Crippen molar-refractivity contribution in [3.05, 3.63) is 22.8 Å². The van der Waals surface area contributed by atoms with Crippen LogP contribution < -0.4 is 10.1 Å². The van der Waals surface area contributed by atoms with E-state index in [4.69, 9.17) is 21.4 Å². The van der Waals surface area contributed by atoms with E-state index < -0.39 is 5.97 Å². The van der Waals surface area contributed by atoms with Gasteiger partial charge in [-0.1, -0.05) is 25.4 Å². The van der Waals surface area contributed by atoms with Crippen molar-refractivity contribution in [3.8, 4) is 5.88 Å². The molecule has 0 spiro atoms. The van der Waals surface area contributed by atoms with Crippen LogP contribution in [0.3, 0.4) is 0 Å². The molecule has 122 valence electrons. The van der Waals surface area contributed by atoms with E-state index in [2.05, 4.69) is 10.3 Å². The fourth-order valence-electron chi connectivity index (χ4n) is 1.62. The molecule has 1 aromatic rings. The van der Waals surface area contributed by atoms with E-state index >= 15 is 0 Å². The van der Waals surface area contributed by atoms with E-state index in [1.807, 2.05) is 13.8 Å². The van der Waals surface area contributed by atoms with Crippen molar-refractivity contribution in [2.75, 3.05) is 6.61 Å². The Morgan fingerprint density at radius 3 is 2.64 bits per heavy atom. The summed E-state index contributed by atoms with van der Waals surface area (Å²) in [5.41, 5.74) is 0.309. The van der Waals surface area contributed by atoms with Gasteiger partial charge in [-0.15, -0.1) is 0 Å². The smallest absolute Gasteiger partial charge is 0.303 e. The maximum atomic E-state index is 12.0. The molecule has 2 N–H and O–H groups in total. The number of hydrogen-bond acceptors (Lipinski definition) is 4. The van der Waals surface area contributed by atoms with Crippen LogP contribution in [0.25, 0.3) is 0 Å². The molecule has 1 amide bonds. The first-order chi connectivity index (χ1) is 10.3. The lowest BCUT2D eigenvalue weighted by Crippen LogP contribution is -2.33. The first-order valence-corrected chi connectivity index (χ1v) is 7.48. The number of carbonyl (C=O) groups is 2. The fraction of sp³-hybridized carbons (Fsp3) is 0.533. The van der Waals surface area contributed by atoms with E-state index in [0.29, 0.717) is 30.4 Å². The SMILES string of the molecule is CC(C)COc1ncc(C(=O)NC(C)CCC(=O)O)cc1Cl. The van der Waals surface area contributed by atoms with Gasteiger partial charge >= 0.3 is 5.97 Å². The molecular formula is C15H21ClN2O4. The highest BCUT2D eigenvalue weighted by Crippen LogP contribution is 2.23. The molecule has 0 aliphatic rings. The number of ether oxygens (including phenoxy) is 1. The molecule has 0 radical (unpaired) electrons. The molecule has 1 heterocycles. The number of rotatable bonds is 8. The quantitative estimate of drug-likeness (QED) is 0.766. The van der Waals surface area contributed by atoms with Crippen molar-refractivity contribution >= 4 is 23.5 Å². The maximum Gasteiger partial charge on any atom is 0.303 e. The van der Waals surface area contributed by atoms with Crippen molar-refractivity contribution in [2.45, 2.75) is 39.7 Å². The van der Waals surface area contributed by atoms with Gasteiger partial charge in [-0.25, -0.2) is 4.98 Å². The third kappa shape index (κ3) is 6.30. The Hall–Kier alpha value is -1.82. The number of pyridine rings is 1. The third-order valence-electron chi connectivity index (χ3n) is 2.79. The van der Waals surface area contributed by atoms with Gasteiger partial charge < -0.3 is 15.2 Å². The molecule has 7 heteroatoms. The summed E-state index contributed by atoms with van der Waals surface area (Å²) in [6, 6.07) is 1.24. The Balaban J connectivity index is 2.62. The Morgan fingerprint density at radius 1 is 1.41 bits per heavy atom. The molecule has 0 saturated carbocycles. The van der Waals surface area contributed by atoms with E-state index in [1.165, 1.54) is 12.3 Å². The van der Waals surface area contributed by atoms with Crippen molar-refractivity contribution in [2.24, 2.45) is 5.92 Å². The standard InChI is InChI=1S/C15H21ClN2O4/c1-9(2)8-22-15-12(16)6-11(7-17-15)14(21)18-10(3)4-5-13(19)20/h6-7,9-10H,4-5,8H2,1-3H3,(H,18,21)(H,19,20). The highest BCUT2D eigenvalue weighted by atomic mass is 35.5. The summed E-state index contributed by atoms with van der Waals surface area (Å²) in [4.78, 5) is 26.6. The monoisotopic (exact) mass is 328 g/mol.